The topological polar surface area (TPSA) is 86.6 Å². The van der Waals surface area contributed by atoms with Crippen LogP contribution in [0, 0.1) is 0 Å². The summed E-state index contributed by atoms with van der Waals surface area (Å²) in [5, 5.41) is 11.0. The quantitative estimate of drug-likeness (QED) is 0.365. The van der Waals surface area contributed by atoms with Crippen LogP contribution in [-0.4, -0.2) is 72.6 Å². The van der Waals surface area contributed by atoms with E-state index in [2.05, 4.69) is 5.32 Å². The van der Waals surface area contributed by atoms with Gasteiger partial charge in [0.1, 0.15) is 0 Å². The molecule has 0 fully saturated rings. The van der Waals surface area contributed by atoms with E-state index >= 15 is 0 Å². The maximum atomic E-state index is 10.3. The molecule has 0 saturated carbocycles. The summed E-state index contributed by atoms with van der Waals surface area (Å²) in [5.74, 6) is -0.326. The van der Waals surface area contributed by atoms with E-state index in [9.17, 15) is 8.42 Å². The zero-order valence-electron chi connectivity index (χ0n) is 6.32. The van der Waals surface area contributed by atoms with Crippen LogP contribution in [0.3, 0.4) is 0 Å². The van der Waals surface area contributed by atoms with Gasteiger partial charge in [-0.05, 0) is 6.92 Å². The molecule has 0 amide bonds. The minimum absolute atomic E-state index is 0. The molecule has 1 atom stereocenters. The minimum atomic E-state index is -3.90. The number of nitrogens with one attached hydrogen (secondary N) is 1. The van der Waals surface area contributed by atoms with Crippen LogP contribution >= 0.6 is 0 Å². The van der Waals surface area contributed by atoms with Crippen LogP contribution < -0.4 is 5.32 Å². The third-order valence-corrected chi connectivity index (χ3v) is 1.99. The fourth-order valence-corrected chi connectivity index (χ4v) is 1.44. The van der Waals surface area contributed by atoms with Crippen LogP contribution in [0.25, 0.3) is 0 Å². The van der Waals surface area contributed by atoms with Crippen molar-refractivity contribution in [3.8, 4) is 0 Å². The summed E-state index contributed by atoms with van der Waals surface area (Å²) in [6.45, 7) is 1.90. The zero-order chi connectivity index (χ0) is 8.91. The van der Waals surface area contributed by atoms with Gasteiger partial charge in [-0.15, -0.1) is 0 Å². The van der Waals surface area contributed by atoms with Gasteiger partial charge in [-0.1, -0.05) is 0 Å². The second kappa shape index (κ2) is 7.25. The predicted molar refractivity (Wildman–Crippen MR) is 48.1 cm³/mol. The molecule has 3 N–H and O–H groups in total. The fourth-order valence-electron chi connectivity index (χ4n) is 0.686. The van der Waals surface area contributed by atoms with Gasteiger partial charge in [-0.25, -0.2) is 0 Å². The molecule has 5 nitrogen and oxygen atoms in total. The molecule has 0 aliphatic heterocycles. The van der Waals surface area contributed by atoms with E-state index in [4.69, 9.17) is 9.66 Å². The Morgan fingerprint density at radius 1 is 1.50 bits per heavy atom. The van der Waals surface area contributed by atoms with Crippen LogP contribution in [0.5, 0.6) is 0 Å². The molecule has 0 bridgehead atoms. The molecule has 0 aliphatic rings. The van der Waals surface area contributed by atoms with Crippen molar-refractivity contribution >= 4 is 39.7 Å². The Bertz CT molecular complexity index is 194. The third-order valence-electron chi connectivity index (χ3n) is 1.07. The first-order valence-electron chi connectivity index (χ1n) is 3.25. The molecule has 0 aromatic heterocycles. The fraction of sp³-hybridized carbons (Fsp3) is 1.00. The van der Waals surface area contributed by atoms with Crippen LogP contribution in [-0.2, 0) is 10.1 Å². The second-order valence-electron chi connectivity index (χ2n) is 2.33. The molecule has 0 aromatic carbocycles. The molecule has 1 unspecified atom stereocenters. The van der Waals surface area contributed by atoms with Crippen molar-refractivity contribution in [3.63, 3.8) is 0 Å². The summed E-state index contributed by atoms with van der Waals surface area (Å²) in [4.78, 5) is 0. The molecule has 0 radical (unpaired) electrons. The summed E-state index contributed by atoms with van der Waals surface area (Å²) in [7, 11) is -3.90. The van der Waals surface area contributed by atoms with E-state index in [1.165, 1.54) is 0 Å². The monoisotopic (exact) mass is 207 g/mol. The van der Waals surface area contributed by atoms with Gasteiger partial charge in [0.2, 0.25) is 0 Å². The van der Waals surface area contributed by atoms with Gasteiger partial charge in [-0.2, -0.15) is 8.42 Å². The van der Waals surface area contributed by atoms with Gasteiger partial charge < -0.3 is 10.4 Å². The van der Waals surface area contributed by atoms with Crippen molar-refractivity contribution in [1.29, 1.82) is 0 Å². The molecule has 0 rings (SSSR count). The van der Waals surface area contributed by atoms with Gasteiger partial charge in [0.25, 0.3) is 10.1 Å². The number of aliphatic hydroxyl groups is 1. The Balaban J connectivity index is 0. The molecular formula is C5H14NNaO4S. The Kier molecular flexibility index (Phi) is 9.25. The van der Waals surface area contributed by atoms with E-state index in [0.717, 1.165) is 0 Å². The van der Waals surface area contributed by atoms with E-state index in [0.29, 0.717) is 6.54 Å². The molecule has 0 saturated heterocycles. The first-order valence-corrected chi connectivity index (χ1v) is 4.86. The van der Waals surface area contributed by atoms with Crippen LogP contribution in [0.1, 0.15) is 6.92 Å². The molecule has 7 heteroatoms. The molecule has 0 aliphatic carbocycles. The van der Waals surface area contributed by atoms with Crippen LogP contribution in [0.15, 0.2) is 0 Å². The van der Waals surface area contributed by atoms with Gasteiger partial charge in [0.15, 0.2) is 0 Å². The van der Waals surface area contributed by atoms with E-state index in [1.807, 2.05) is 0 Å². The Morgan fingerprint density at radius 3 is 2.33 bits per heavy atom. The summed E-state index contributed by atoms with van der Waals surface area (Å²) in [6, 6.07) is -0.336. The Morgan fingerprint density at radius 2 is 2.00 bits per heavy atom. The van der Waals surface area contributed by atoms with Gasteiger partial charge in [0.05, 0.1) is 12.4 Å². The normalized spacial score (nSPS) is 13.6. The first kappa shape index (κ1) is 15.3. The Labute approximate surface area is 94.6 Å². The second-order valence-corrected chi connectivity index (χ2v) is 3.82. The molecule has 0 spiro atoms. The van der Waals surface area contributed by atoms with Crippen LogP contribution in [0.2, 0.25) is 0 Å². The van der Waals surface area contributed by atoms with Gasteiger partial charge in [0, 0.05) is 12.6 Å². The van der Waals surface area contributed by atoms with Gasteiger partial charge >= 0.3 is 29.6 Å². The molecular weight excluding hydrogens is 193 g/mol. The van der Waals surface area contributed by atoms with Crippen molar-refractivity contribution in [2.75, 3.05) is 18.9 Å². The van der Waals surface area contributed by atoms with Gasteiger partial charge in [-0.3, -0.25) is 4.55 Å². The predicted octanol–water partition coefficient (Wildman–Crippen LogP) is -1.80. The summed E-state index contributed by atoms with van der Waals surface area (Å²) in [6.07, 6.45) is 0. The summed E-state index contributed by atoms with van der Waals surface area (Å²) >= 11 is 0. The molecule has 0 aromatic rings. The molecule has 0 heterocycles. The van der Waals surface area contributed by atoms with E-state index in [-0.39, 0.29) is 48.0 Å². The zero-order valence-corrected chi connectivity index (χ0v) is 7.13. The Hall–Kier alpha value is 0.830. The standard InChI is InChI=1S/C5H13NO4S.Na.H/c1-5(6-2-3-7)4-11(8,9)10;;/h5-7H,2-4H2,1H3,(H,8,9,10);;. The summed E-state index contributed by atoms with van der Waals surface area (Å²) < 4.78 is 28.9. The third kappa shape index (κ3) is 10.8. The van der Waals surface area contributed by atoms with E-state index < -0.39 is 10.1 Å². The van der Waals surface area contributed by atoms with Crippen molar-refractivity contribution in [3.05, 3.63) is 0 Å². The summed E-state index contributed by atoms with van der Waals surface area (Å²) in [5.41, 5.74) is 0. The maximum absolute atomic E-state index is 10.3. The van der Waals surface area contributed by atoms with Crippen molar-refractivity contribution in [2.45, 2.75) is 13.0 Å². The first-order chi connectivity index (χ1) is 4.95. The van der Waals surface area contributed by atoms with Crippen molar-refractivity contribution in [2.24, 2.45) is 0 Å². The average molecular weight is 207 g/mol. The molecule has 70 valence electrons. The average Bonchev–Trinajstić information content (AvgIpc) is 1.79. The van der Waals surface area contributed by atoms with Crippen LogP contribution in [0.4, 0.5) is 0 Å². The number of hydrogen-bond acceptors (Lipinski definition) is 4. The van der Waals surface area contributed by atoms with Crippen molar-refractivity contribution < 1.29 is 18.1 Å². The SMILES string of the molecule is CC(CS(=O)(=O)O)NCCO.[NaH]. The number of aliphatic hydroxyl groups excluding tert-OH is 1. The van der Waals surface area contributed by atoms with Crippen molar-refractivity contribution in [1.82, 2.24) is 5.32 Å². The number of hydrogen-bond donors (Lipinski definition) is 3. The number of rotatable bonds is 5. The van der Waals surface area contributed by atoms with E-state index in [1.54, 1.807) is 6.92 Å². The molecule has 12 heavy (non-hydrogen) atoms.